The largest absolute Gasteiger partial charge is 0.0713 e. The van der Waals surface area contributed by atoms with Gasteiger partial charge < -0.3 is 0 Å². The van der Waals surface area contributed by atoms with Gasteiger partial charge in [-0.25, -0.2) is 0 Å². The third-order valence-electron chi connectivity index (χ3n) is 6.38. The first-order valence-corrected chi connectivity index (χ1v) is 9.96. The first-order chi connectivity index (χ1) is 13.6. The van der Waals surface area contributed by atoms with E-state index < -0.39 is 0 Å². The predicted molar refractivity (Wildman–Crippen MR) is 118 cm³/mol. The molecule has 0 aliphatic heterocycles. The minimum absolute atomic E-state index is 0.278. The zero-order valence-corrected chi connectivity index (χ0v) is 16.7. The van der Waals surface area contributed by atoms with E-state index >= 15 is 0 Å². The van der Waals surface area contributed by atoms with E-state index in [1.807, 2.05) is 0 Å². The Morgan fingerprint density at radius 1 is 0.500 bits per heavy atom. The van der Waals surface area contributed by atoms with Crippen molar-refractivity contribution in [3.63, 3.8) is 0 Å². The first kappa shape index (κ1) is 17.0. The van der Waals surface area contributed by atoms with Crippen molar-refractivity contribution >= 4 is 0 Å². The van der Waals surface area contributed by atoms with Crippen molar-refractivity contribution in [2.24, 2.45) is 0 Å². The van der Waals surface area contributed by atoms with E-state index in [9.17, 15) is 0 Å². The fourth-order valence-corrected chi connectivity index (χ4v) is 4.80. The summed E-state index contributed by atoms with van der Waals surface area (Å²) in [5.74, 6) is 0. The van der Waals surface area contributed by atoms with Crippen molar-refractivity contribution in [3.05, 3.63) is 130 Å². The molecule has 1 aliphatic carbocycles. The van der Waals surface area contributed by atoms with Crippen molar-refractivity contribution < 1.29 is 0 Å². The van der Waals surface area contributed by atoms with Crippen LogP contribution in [0, 0.1) is 20.8 Å². The third-order valence-corrected chi connectivity index (χ3v) is 6.38. The Morgan fingerprint density at radius 2 is 1.04 bits per heavy atom. The number of hydrogen-bond donors (Lipinski definition) is 0. The second-order valence-electron chi connectivity index (χ2n) is 8.01. The fraction of sp³-hybridized carbons (Fsp3) is 0.143. The summed E-state index contributed by atoms with van der Waals surface area (Å²) in [6.45, 7) is 6.56. The Labute approximate surface area is 167 Å². The summed E-state index contributed by atoms with van der Waals surface area (Å²) >= 11 is 0. The topological polar surface area (TPSA) is 0 Å². The molecule has 0 bridgehead atoms. The third kappa shape index (κ3) is 2.24. The van der Waals surface area contributed by atoms with Crippen molar-refractivity contribution in [1.29, 1.82) is 0 Å². The smallest absolute Gasteiger partial charge is 0.0619 e. The highest BCUT2D eigenvalue weighted by Gasteiger charge is 2.45. The average Bonchev–Trinajstić information content (AvgIpc) is 3.02. The van der Waals surface area contributed by atoms with E-state index in [4.69, 9.17) is 0 Å². The van der Waals surface area contributed by atoms with Gasteiger partial charge in [0.15, 0.2) is 0 Å². The highest BCUT2D eigenvalue weighted by Crippen LogP contribution is 2.56. The molecule has 4 aromatic rings. The molecule has 0 N–H and O–H groups in total. The molecule has 0 nitrogen and oxygen atoms in total. The lowest BCUT2D eigenvalue weighted by atomic mass is 9.67. The maximum Gasteiger partial charge on any atom is 0.0713 e. The lowest BCUT2D eigenvalue weighted by molar-refractivity contribution is 0.766. The predicted octanol–water partition coefficient (Wildman–Crippen LogP) is 6.97. The van der Waals surface area contributed by atoms with E-state index in [0.717, 1.165) is 0 Å². The number of benzene rings is 4. The molecule has 0 spiro atoms. The van der Waals surface area contributed by atoms with Gasteiger partial charge in [0.2, 0.25) is 0 Å². The Morgan fingerprint density at radius 3 is 1.61 bits per heavy atom. The highest BCUT2D eigenvalue weighted by atomic mass is 14.5. The van der Waals surface area contributed by atoms with Crippen LogP contribution in [0.3, 0.4) is 0 Å². The Kier molecular flexibility index (Phi) is 3.77. The summed E-state index contributed by atoms with van der Waals surface area (Å²) in [5.41, 5.74) is 11.8. The maximum absolute atomic E-state index is 2.38. The molecular formula is C28H24. The summed E-state index contributed by atoms with van der Waals surface area (Å²) in [7, 11) is 0. The summed E-state index contributed by atoms with van der Waals surface area (Å²) in [6.07, 6.45) is 0. The Balaban J connectivity index is 1.95. The number of aryl methyl sites for hydroxylation is 3. The SMILES string of the molecule is Cc1ccc(C2(c3ccc(C)c(C)c3)c3ccccc3-c3ccccc32)cc1. The Hall–Kier alpha value is -3.12. The quantitative estimate of drug-likeness (QED) is 0.319. The van der Waals surface area contributed by atoms with Gasteiger partial charge in [-0.15, -0.1) is 0 Å². The van der Waals surface area contributed by atoms with E-state index in [0.29, 0.717) is 0 Å². The molecule has 4 aromatic carbocycles. The lowest BCUT2D eigenvalue weighted by Gasteiger charge is -2.34. The van der Waals surface area contributed by atoms with E-state index in [2.05, 4.69) is 112 Å². The zero-order valence-electron chi connectivity index (χ0n) is 16.7. The van der Waals surface area contributed by atoms with Gasteiger partial charge >= 0.3 is 0 Å². The minimum atomic E-state index is -0.278. The molecule has 0 fully saturated rings. The van der Waals surface area contributed by atoms with Gasteiger partial charge in [-0.1, -0.05) is 96.6 Å². The van der Waals surface area contributed by atoms with Gasteiger partial charge in [-0.2, -0.15) is 0 Å². The monoisotopic (exact) mass is 360 g/mol. The molecule has 5 rings (SSSR count). The zero-order chi connectivity index (χ0) is 19.3. The highest BCUT2D eigenvalue weighted by molar-refractivity contribution is 5.86. The van der Waals surface area contributed by atoms with Gasteiger partial charge in [0, 0.05) is 0 Å². The molecule has 136 valence electrons. The van der Waals surface area contributed by atoms with Gasteiger partial charge in [-0.05, 0) is 65.3 Å². The molecule has 0 atom stereocenters. The van der Waals surface area contributed by atoms with Crippen LogP contribution >= 0.6 is 0 Å². The van der Waals surface area contributed by atoms with E-state index in [1.54, 1.807) is 0 Å². The second-order valence-corrected chi connectivity index (χ2v) is 8.01. The fourth-order valence-electron chi connectivity index (χ4n) is 4.80. The standard InChI is InChI=1S/C28H24/c1-19-12-15-22(16-13-19)28(23-17-14-20(2)21(3)18-23)26-10-6-4-8-24(26)25-9-5-7-11-27(25)28/h4-18H,1-3H3. The van der Waals surface area contributed by atoms with Crippen molar-refractivity contribution in [3.8, 4) is 11.1 Å². The van der Waals surface area contributed by atoms with Crippen LogP contribution in [0.25, 0.3) is 11.1 Å². The average molecular weight is 361 g/mol. The molecule has 28 heavy (non-hydrogen) atoms. The minimum Gasteiger partial charge on any atom is -0.0619 e. The van der Waals surface area contributed by atoms with Gasteiger partial charge in [-0.3, -0.25) is 0 Å². The second kappa shape index (κ2) is 6.21. The van der Waals surface area contributed by atoms with Crippen molar-refractivity contribution in [1.82, 2.24) is 0 Å². The van der Waals surface area contributed by atoms with Crippen LogP contribution in [-0.2, 0) is 5.41 Å². The normalized spacial score (nSPS) is 13.8. The summed E-state index contributed by atoms with van der Waals surface area (Å²) in [6, 6.07) is 33.9. The number of hydrogen-bond acceptors (Lipinski definition) is 0. The molecule has 0 unspecified atom stereocenters. The Bertz CT molecular complexity index is 1130. The van der Waals surface area contributed by atoms with E-state index in [1.165, 1.54) is 50.1 Å². The van der Waals surface area contributed by atoms with Crippen LogP contribution in [0.15, 0.2) is 91.0 Å². The summed E-state index contributed by atoms with van der Waals surface area (Å²) in [4.78, 5) is 0. The maximum atomic E-state index is 2.38. The molecule has 0 amide bonds. The van der Waals surface area contributed by atoms with E-state index in [-0.39, 0.29) is 5.41 Å². The van der Waals surface area contributed by atoms with Crippen molar-refractivity contribution in [2.75, 3.05) is 0 Å². The van der Waals surface area contributed by atoms with Gasteiger partial charge in [0.25, 0.3) is 0 Å². The van der Waals surface area contributed by atoms with Gasteiger partial charge in [0.1, 0.15) is 0 Å². The number of rotatable bonds is 2. The molecular weight excluding hydrogens is 336 g/mol. The van der Waals surface area contributed by atoms with Crippen molar-refractivity contribution in [2.45, 2.75) is 26.2 Å². The van der Waals surface area contributed by atoms with Crippen LogP contribution in [0.2, 0.25) is 0 Å². The molecule has 0 heterocycles. The summed E-state index contributed by atoms with van der Waals surface area (Å²) in [5, 5.41) is 0. The van der Waals surface area contributed by atoms with Crippen LogP contribution in [0.5, 0.6) is 0 Å². The lowest BCUT2D eigenvalue weighted by Crippen LogP contribution is -2.28. The van der Waals surface area contributed by atoms with Crippen LogP contribution in [0.4, 0.5) is 0 Å². The molecule has 0 saturated heterocycles. The molecule has 0 radical (unpaired) electrons. The van der Waals surface area contributed by atoms with Crippen LogP contribution < -0.4 is 0 Å². The molecule has 0 heteroatoms. The van der Waals surface area contributed by atoms with Crippen LogP contribution in [0.1, 0.15) is 38.9 Å². The molecule has 0 saturated carbocycles. The first-order valence-electron chi connectivity index (χ1n) is 9.96. The molecule has 0 aromatic heterocycles. The van der Waals surface area contributed by atoms with Crippen LogP contribution in [-0.4, -0.2) is 0 Å². The van der Waals surface area contributed by atoms with Gasteiger partial charge in [0.05, 0.1) is 5.41 Å². The number of fused-ring (bicyclic) bond motifs is 3. The summed E-state index contributed by atoms with van der Waals surface area (Å²) < 4.78 is 0. The molecule has 1 aliphatic rings.